The predicted octanol–water partition coefficient (Wildman–Crippen LogP) is 5.71. The molecule has 0 unspecified atom stereocenters. The second kappa shape index (κ2) is 8.69. The van der Waals surface area contributed by atoms with E-state index in [1.165, 1.54) is 23.5 Å². The monoisotopic (exact) mass is 480 g/mol. The molecular weight excluding hydrogens is 456 g/mol. The molecule has 1 aromatic heterocycles. The van der Waals surface area contributed by atoms with Gasteiger partial charge in [0.25, 0.3) is 5.69 Å². The molecule has 33 heavy (non-hydrogen) atoms. The maximum Gasteiger partial charge on any atom is 0.269 e. The number of Topliss-reactive ketones (excluding diaryl/α,β-unsaturated/α-hetero) is 1. The molecule has 4 rings (SSSR count). The summed E-state index contributed by atoms with van der Waals surface area (Å²) in [4.78, 5) is 28.0. The van der Waals surface area contributed by atoms with Crippen LogP contribution in [0.25, 0.3) is 0 Å². The number of ketones is 1. The van der Waals surface area contributed by atoms with Crippen LogP contribution in [0.2, 0.25) is 0 Å². The summed E-state index contributed by atoms with van der Waals surface area (Å²) in [5.41, 5.74) is 8.62. The number of hydrogen-bond donors (Lipinski definition) is 1. The first kappa shape index (κ1) is 23.1. The molecule has 2 aromatic rings. The molecule has 0 fully saturated rings. The molecular formula is C24H24N4O3S2. The third kappa shape index (κ3) is 4.05. The molecule has 2 heterocycles. The fourth-order valence-corrected chi connectivity index (χ4v) is 6.63. The number of non-ortho nitro benzene ring substituents is 1. The zero-order valence-corrected chi connectivity index (χ0v) is 20.3. The van der Waals surface area contributed by atoms with Crippen LogP contribution in [0.5, 0.6) is 0 Å². The Bertz CT molecular complexity index is 1240. The second-order valence-electron chi connectivity index (χ2n) is 8.84. The molecule has 7 nitrogen and oxygen atoms in total. The lowest BCUT2D eigenvalue weighted by atomic mass is 9.69. The van der Waals surface area contributed by atoms with E-state index in [4.69, 9.17) is 5.73 Å². The number of carbonyl (C=O) groups is 1. The minimum Gasteiger partial charge on any atom is -0.384 e. The number of nitriles is 1. The molecule has 170 valence electrons. The van der Waals surface area contributed by atoms with Gasteiger partial charge in [0.1, 0.15) is 5.82 Å². The zero-order chi connectivity index (χ0) is 23.9. The van der Waals surface area contributed by atoms with Gasteiger partial charge in [0.15, 0.2) is 5.78 Å². The molecule has 2 N–H and O–H groups in total. The Balaban J connectivity index is 1.96. The molecule has 1 aromatic carbocycles. The van der Waals surface area contributed by atoms with Crippen molar-refractivity contribution in [2.75, 3.05) is 10.7 Å². The summed E-state index contributed by atoms with van der Waals surface area (Å²) in [6.45, 7) is 6.15. The fraction of sp³-hybridized carbons (Fsp3) is 0.333. The van der Waals surface area contributed by atoms with Gasteiger partial charge in [-0.1, -0.05) is 20.8 Å². The van der Waals surface area contributed by atoms with E-state index in [2.05, 4.69) is 13.0 Å². The van der Waals surface area contributed by atoms with Crippen molar-refractivity contribution in [2.45, 2.75) is 44.4 Å². The number of anilines is 1. The van der Waals surface area contributed by atoms with Crippen LogP contribution in [-0.4, -0.2) is 16.5 Å². The molecule has 1 aliphatic carbocycles. The summed E-state index contributed by atoms with van der Waals surface area (Å²) in [6.07, 6.45) is 0.985. The summed E-state index contributed by atoms with van der Waals surface area (Å²) in [5.74, 6) is 0.650. The van der Waals surface area contributed by atoms with Crippen LogP contribution in [0.15, 0.2) is 63.3 Å². The lowest BCUT2D eigenvalue weighted by molar-refractivity contribution is -0.384. The predicted molar refractivity (Wildman–Crippen MR) is 131 cm³/mol. The molecule has 0 saturated carbocycles. The lowest BCUT2D eigenvalue weighted by Gasteiger charge is -2.43. The maximum absolute atomic E-state index is 13.6. The van der Waals surface area contributed by atoms with Gasteiger partial charge < -0.3 is 5.73 Å². The first-order chi connectivity index (χ1) is 15.7. The minimum atomic E-state index is -0.503. The smallest absolute Gasteiger partial charge is 0.269 e. The normalized spacial score (nSPS) is 20.0. The Morgan fingerprint density at radius 2 is 2.00 bits per heavy atom. The maximum atomic E-state index is 13.6. The largest absolute Gasteiger partial charge is 0.384 e. The summed E-state index contributed by atoms with van der Waals surface area (Å²) < 4.78 is 0. The number of thioether (sulfide) groups is 1. The van der Waals surface area contributed by atoms with Crippen molar-refractivity contribution in [3.05, 3.63) is 73.4 Å². The van der Waals surface area contributed by atoms with Crippen molar-refractivity contribution >= 4 is 40.3 Å². The van der Waals surface area contributed by atoms with E-state index >= 15 is 0 Å². The Labute approximate surface area is 200 Å². The number of nitro groups is 1. The van der Waals surface area contributed by atoms with Crippen molar-refractivity contribution in [3.63, 3.8) is 0 Å². The summed E-state index contributed by atoms with van der Waals surface area (Å²) in [6, 6.07) is 10.3. The van der Waals surface area contributed by atoms with Crippen LogP contribution >= 0.6 is 23.1 Å². The number of hydrogen-bond acceptors (Lipinski definition) is 8. The molecule has 0 spiro atoms. The average Bonchev–Trinajstić information content (AvgIpc) is 3.20. The number of benzene rings is 1. The number of nitrogens with two attached hydrogens (primary N) is 1. The third-order valence-corrected chi connectivity index (χ3v) is 7.99. The second-order valence-corrected chi connectivity index (χ2v) is 11.1. The Morgan fingerprint density at radius 1 is 1.30 bits per heavy atom. The highest BCUT2D eigenvalue weighted by atomic mass is 32.2. The Morgan fingerprint density at radius 3 is 2.61 bits per heavy atom. The first-order valence-electron chi connectivity index (χ1n) is 10.6. The standard InChI is InChI=1S/C24H24N4O3S2/c1-4-32-19-9-10-33-22(19)20-16(13-25)23(26)27(14-5-7-15(8-6-14)28(30)31)17-11-24(2,3)12-18(29)21(17)20/h5-10,20H,4,11-12,26H2,1-3H3/t20-/m0/s1. The number of nitrogens with zero attached hydrogens (tertiary/aromatic N) is 3. The Kier molecular flexibility index (Phi) is 6.08. The van der Waals surface area contributed by atoms with Crippen molar-refractivity contribution < 1.29 is 9.72 Å². The van der Waals surface area contributed by atoms with Crippen molar-refractivity contribution in [1.29, 1.82) is 5.26 Å². The van der Waals surface area contributed by atoms with Gasteiger partial charge in [0.05, 0.1) is 22.5 Å². The number of thiophene rings is 1. The van der Waals surface area contributed by atoms with Crippen molar-refractivity contribution in [3.8, 4) is 6.07 Å². The van der Waals surface area contributed by atoms with Crippen LogP contribution in [0, 0.1) is 26.9 Å². The first-order valence-corrected chi connectivity index (χ1v) is 12.5. The molecule has 0 radical (unpaired) electrons. The highest BCUT2D eigenvalue weighted by Gasteiger charge is 2.45. The van der Waals surface area contributed by atoms with Crippen LogP contribution in [-0.2, 0) is 4.79 Å². The van der Waals surface area contributed by atoms with Gasteiger partial charge in [-0.15, -0.1) is 23.1 Å². The molecule has 0 bridgehead atoms. The number of allylic oxidation sites excluding steroid dienone is 3. The van der Waals surface area contributed by atoms with E-state index in [1.54, 1.807) is 28.8 Å². The van der Waals surface area contributed by atoms with Gasteiger partial charge in [0.2, 0.25) is 0 Å². The molecule has 1 aliphatic heterocycles. The van der Waals surface area contributed by atoms with E-state index in [-0.39, 0.29) is 22.7 Å². The quantitative estimate of drug-likeness (QED) is 0.331. The minimum absolute atomic E-state index is 0.0132. The molecule has 2 aliphatic rings. The topological polar surface area (TPSA) is 113 Å². The summed E-state index contributed by atoms with van der Waals surface area (Å²) in [5, 5.41) is 23.3. The number of carbonyl (C=O) groups excluding carboxylic acids is 1. The molecule has 0 saturated heterocycles. The van der Waals surface area contributed by atoms with Crippen LogP contribution in [0.4, 0.5) is 11.4 Å². The van der Waals surface area contributed by atoms with Gasteiger partial charge in [-0.05, 0) is 41.2 Å². The van der Waals surface area contributed by atoms with Gasteiger partial charge in [-0.2, -0.15) is 5.26 Å². The number of nitro benzene ring substituents is 1. The zero-order valence-electron chi connectivity index (χ0n) is 18.6. The Hall–Kier alpha value is -3.09. The van der Waals surface area contributed by atoms with Gasteiger partial charge in [-0.25, -0.2) is 0 Å². The highest BCUT2D eigenvalue weighted by molar-refractivity contribution is 7.99. The summed E-state index contributed by atoms with van der Waals surface area (Å²) >= 11 is 3.22. The van der Waals surface area contributed by atoms with E-state index in [1.807, 2.05) is 25.3 Å². The van der Waals surface area contributed by atoms with E-state index in [0.29, 0.717) is 29.7 Å². The molecule has 0 amide bonds. The SMILES string of the molecule is CCSc1ccsc1[C@H]1C(C#N)=C(N)N(c2ccc([N+](=O)[O-])cc2)C2=C1C(=O)CC(C)(C)C2. The van der Waals surface area contributed by atoms with E-state index < -0.39 is 10.8 Å². The van der Waals surface area contributed by atoms with Crippen LogP contribution < -0.4 is 10.6 Å². The number of rotatable bonds is 5. The van der Waals surface area contributed by atoms with E-state index in [9.17, 15) is 20.2 Å². The fourth-order valence-electron chi connectivity index (χ4n) is 4.58. The highest BCUT2D eigenvalue weighted by Crippen LogP contribution is 2.52. The van der Waals surface area contributed by atoms with E-state index in [0.717, 1.165) is 21.2 Å². The third-order valence-electron chi connectivity index (χ3n) is 5.92. The molecule has 1 atom stereocenters. The molecule has 9 heteroatoms. The van der Waals surface area contributed by atoms with Crippen LogP contribution in [0.1, 0.15) is 44.4 Å². The van der Waals surface area contributed by atoms with Crippen molar-refractivity contribution in [1.82, 2.24) is 0 Å². The van der Waals surface area contributed by atoms with Crippen LogP contribution in [0.3, 0.4) is 0 Å². The summed E-state index contributed by atoms with van der Waals surface area (Å²) in [7, 11) is 0. The van der Waals surface area contributed by atoms with Gasteiger partial charge >= 0.3 is 0 Å². The van der Waals surface area contributed by atoms with Gasteiger partial charge in [-0.3, -0.25) is 19.8 Å². The van der Waals surface area contributed by atoms with Gasteiger partial charge in [0, 0.05) is 45.3 Å². The average molecular weight is 481 g/mol. The van der Waals surface area contributed by atoms with Crippen molar-refractivity contribution in [2.24, 2.45) is 11.1 Å². The lowest BCUT2D eigenvalue weighted by Crippen LogP contribution is -2.42.